The second-order valence-corrected chi connectivity index (χ2v) is 4.98. The van der Waals surface area contributed by atoms with Gasteiger partial charge < -0.3 is 5.32 Å². The summed E-state index contributed by atoms with van der Waals surface area (Å²) in [5.74, 6) is -0.485. The summed E-state index contributed by atoms with van der Waals surface area (Å²) >= 11 is 6.95. The van der Waals surface area contributed by atoms with Gasteiger partial charge in [0.05, 0.1) is 10.5 Å². The van der Waals surface area contributed by atoms with Gasteiger partial charge >= 0.3 is 0 Å². The van der Waals surface area contributed by atoms with Crippen molar-refractivity contribution in [1.29, 1.82) is 5.26 Å². The Morgan fingerprint density at radius 2 is 2.20 bits per heavy atom. The van der Waals surface area contributed by atoms with E-state index in [-0.39, 0.29) is 16.3 Å². The standard InChI is InChI=1S/C12H6ClN3O3S/c13-9-5-7(1-2-10(9)16(18)19)11(17)15-12-8(6-14)3-4-20-12/h1-5H,(H,15,17). The highest BCUT2D eigenvalue weighted by molar-refractivity contribution is 7.14. The molecule has 0 aliphatic rings. The van der Waals surface area contributed by atoms with Crippen molar-refractivity contribution in [2.75, 3.05) is 5.32 Å². The Bertz CT molecular complexity index is 736. The van der Waals surface area contributed by atoms with E-state index in [2.05, 4.69) is 5.32 Å². The van der Waals surface area contributed by atoms with Crippen molar-refractivity contribution in [3.05, 3.63) is 55.9 Å². The van der Waals surface area contributed by atoms with Crippen LogP contribution in [0.2, 0.25) is 5.02 Å². The number of rotatable bonds is 3. The van der Waals surface area contributed by atoms with Gasteiger partial charge in [-0.25, -0.2) is 0 Å². The predicted molar refractivity (Wildman–Crippen MR) is 75.1 cm³/mol. The minimum atomic E-state index is -0.628. The SMILES string of the molecule is N#Cc1ccsc1NC(=O)c1ccc([N+](=O)[O-])c(Cl)c1. The fourth-order valence-electron chi connectivity index (χ4n) is 1.47. The van der Waals surface area contributed by atoms with Crippen molar-refractivity contribution in [2.24, 2.45) is 0 Å². The number of hydrogen-bond acceptors (Lipinski definition) is 5. The summed E-state index contributed by atoms with van der Waals surface area (Å²) in [6.07, 6.45) is 0. The van der Waals surface area contributed by atoms with Crippen LogP contribution in [0.4, 0.5) is 10.7 Å². The smallest absolute Gasteiger partial charge is 0.287 e. The molecule has 2 rings (SSSR count). The highest BCUT2D eigenvalue weighted by atomic mass is 35.5. The van der Waals surface area contributed by atoms with Gasteiger partial charge in [0.25, 0.3) is 11.6 Å². The molecule has 0 aliphatic heterocycles. The Hall–Kier alpha value is -2.43. The van der Waals surface area contributed by atoms with Crippen LogP contribution in [-0.2, 0) is 0 Å². The zero-order valence-corrected chi connectivity index (χ0v) is 11.4. The number of nitrogens with zero attached hydrogens (tertiary/aromatic N) is 2. The van der Waals surface area contributed by atoms with Gasteiger partial charge in [-0.2, -0.15) is 5.26 Å². The molecular formula is C12H6ClN3O3S. The zero-order chi connectivity index (χ0) is 14.7. The number of hydrogen-bond donors (Lipinski definition) is 1. The van der Waals surface area contributed by atoms with Gasteiger partial charge in [0.1, 0.15) is 16.1 Å². The molecule has 1 aromatic carbocycles. The molecule has 8 heteroatoms. The van der Waals surface area contributed by atoms with E-state index in [0.717, 1.165) is 6.07 Å². The third-order valence-corrected chi connectivity index (χ3v) is 3.55. The van der Waals surface area contributed by atoms with Gasteiger partial charge in [-0.1, -0.05) is 11.6 Å². The van der Waals surface area contributed by atoms with E-state index in [0.29, 0.717) is 10.6 Å². The molecule has 0 unspecified atom stereocenters. The molecule has 0 radical (unpaired) electrons. The van der Waals surface area contributed by atoms with E-state index in [9.17, 15) is 14.9 Å². The zero-order valence-electron chi connectivity index (χ0n) is 9.79. The molecule has 0 saturated heterocycles. The lowest BCUT2D eigenvalue weighted by atomic mass is 10.2. The minimum Gasteiger partial charge on any atom is -0.312 e. The second kappa shape index (κ2) is 5.69. The molecule has 1 aromatic heterocycles. The van der Waals surface area contributed by atoms with Crippen LogP contribution in [0.5, 0.6) is 0 Å². The van der Waals surface area contributed by atoms with Crippen molar-refractivity contribution < 1.29 is 9.72 Å². The lowest BCUT2D eigenvalue weighted by Gasteiger charge is -2.04. The Kier molecular flexibility index (Phi) is 3.98. The van der Waals surface area contributed by atoms with Gasteiger partial charge in [0.15, 0.2) is 0 Å². The number of thiophene rings is 1. The summed E-state index contributed by atoms with van der Waals surface area (Å²) in [6.45, 7) is 0. The van der Waals surface area contributed by atoms with Crippen LogP contribution in [0, 0.1) is 21.4 Å². The molecule has 1 N–H and O–H groups in total. The molecule has 2 aromatic rings. The number of anilines is 1. The van der Waals surface area contributed by atoms with Crippen molar-refractivity contribution in [1.82, 2.24) is 0 Å². The average molecular weight is 308 g/mol. The molecule has 0 atom stereocenters. The van der Waals surface area contributed by atoms with Crippen LogP contribution in [0.3, 0.4) is 0 Å². The Morgan fingerprint density at radius 1 is 1.45 bits per heavy atom. The van der Waals surface area contributed by atoms with Gasteiger partial charge in [0.2, 0.25) is 0 Å². The number of halogens is 1. The first-order valence-corrected chi connectivity index (χ1v) is 6.51. The quantitative estimate of drug-likeness (QED) is 0.694. The Morgan fingerprint density at radius 3 is 2.80 bits per heavy atom. The Balaban J connectivity index is 2.24. The van der Waals surface area contributed by atoms with Crippen LogP contribution in [0.15, 0.2) is 29.6 Å². The molecule has 0 aliphatic carbocycles. The Labute approximate surface area is 122 Å². The number of carbonyl (C=O) groups is 1. The lowest BCUT2D eigenvalue weighted by molar-refractivity contribution is -0.384. The number of nitro benzene ring substituents is 1. The van der Waals surface area contributed by atoms with Gasteiger partial charge in [-0.05, 0) is 23.6 Å². The molecule has 0 spiro atoms. The number of carbonyl (C=O) groups excluding carboxylic acids is 1. The molecule has 0 saturated carbocycles. The first-order chi connectivity index (χ1) is 9.52. The fourth-order valence-corrected chi connectivity index (χ4v) is 2.45. The third kappa shape index (κ3) is 2.77. The maximum atomic E-state index is 12.0. The topological polar surface area (TPSA) is 96.0 Å². The van der Waals surface area contributed by atoms with E-state index < -0.39 is 10.8 Å². The van der Waals surface area contributed by atoms with Gasteiger partial charge in [0, 0.05) is 11.6 Å². The molecule has 20 heavy (non-hydrogen) atoms. The summed E-state index contributed by atoms with van der Waals surface area (Å²) in [7, 11) is 0. The van der Waals surface area contributed by atoms with E-state index in [4.69, 9.17) is 16.9 Å². The van der Waals surface area contributed by atoms with Crippen LogP contribution < -0.4 is 5.32 Å². The molecule has 1 heterocycles. The maximum Gasteiger partial charge on any atom is 0.287 e. The monoisotopic (exact) mass is 307 g/mol. The maximum absolute atomic E-state index is 12.0. The van der Waals surface area contributed by atoms with Crippen LogP contribution in [-0.4, -0.2) is 10.8 Å². The number of nitrogens with one attached hydrogen (secondary N) is 1. The number of benzene rings is 1. The number of nitro groups is 1. The van der Waals surface area contributed by atoms with Crippen molar-refractivity contribution in [3.8, 4) is 6.07 Å². The molecule has 6 nitrogen and oxygen atoms in total. The van der Waals surface area contributed by atoms with E-state index >= 15 is 0 Å². The lowest BCUT2D eigenvalue weighted by Crippen LogP contribution is -2.11. The van der Waals surface area contributed by atoms with Crippen molar-refractivity contribution in [2.45, 2.75) is 0 Å². The second-order valence-electron chi connectivity index (χ2n) is 3.65. The van der Waals surface area contributed by atoms with E-state index in [1.165, 1.54) is 23.5 Å². The van der Waals surface area contributed by atoms with Crippen LogP contribution in [0.25, 0.3) is 0 Å². The van der Waals surface area contributed by atoms with Crippen molar-refractivity contribution in [3.63, 3.8) is 0 Å². The number of amides is 1. The van der Waals surface area contributed by atoms with E-state index in [1.54, 1.807) is 11.4 Å². The highest BCUT2D eigenvalue weighted by Crippen LogP contribution is 2.27. The normalized spacial score (nSPS) is 9.80. The molecule has 0 fully saturated rings. The minimum absolute atomic E-state index is 0.116. The predicted octanol–water partition coefficient (Wildman–Crippen LogP) is 3.43. The van der Waals surface area contributed by atoms with Crippen molar-refractivity contribution >= 4 is 39.5 Å². The summed E-state index contributed by atoms with van der Waals surface area (Å²) in [5, 5.41) is 24.0. The molecule has 1 amide bonds. The first-order valence-electron chi connectivity index (χ1n) is 5.26. The van der Waals surface area contributed by atoms with Crippen LogP contribution in [0.1, 0.15) is 15.9 Å². The number of nitriles is 1. The van der Waals surface area contributed by atoms with E-state index in [1.807, 2.05) is 6.07 Å². The summed E-state index contributed by atoms with van der Waals surface area (Å²) in [6, 6.07) is 7.22. The summed E-state index contributed by atoms with van der Waals surface area (Å²) in [4.78, 5) is 22.0. The van der Waals surface area contributed by atoms with Gasteiger partial charge in [-0.15, -0.1) is 11.3 Å². The largest absolute Gasteiger partial charge is 0.312 e. The molecule has 0 bridgehead atoms. The average Bonchev–Trinajstić information content (AvgIpc) is 2.85. The first kappa shape index (κ1) is 14.0. The molecular weight excluding hydrogens is 302 g/mol. The third-order valence-electron chi connectivity index (χ3n) is 2.42. The highest BCUT2D eigenvalue weighted by Gasteiger charge is 2.16. The van der Waals surface area contributed by atoms with Crippen LogP contribution >= 0.6 is 22.9 Å². The summed E-state index contributed by atoms with van der Waals surface area (Å²) in [5.41, 5.74) is 0.270. The molecule has 100 valence electrons. The summed E-state index contributed by atoms with van der Waals surface area (Å²) < 4.78 is 0. The van der Waals surface area contributed by atoms with Gasteiger partial charge in [-0.3, -0.25) is 14.9 Å². The fraction of sp³-hybridized carbons (Fsp3) is 0.